The third-order valence-corrected chi connectivity index (χ3v) is 3.24. The molecule has 7 nitrogen and oxygen atoms in total. The van der Waals surface area contributed by atoms with E-state index in [1.165, 1.54) is 0 Å². The van der Waals surface area contributed by atoms with Crippen LogP contribution in [-0.2, 0) is 20.1 Å². The molecule has 0 spiro atoms. The first-order valence-corrected chi connectivity index (χ1v) is 7.80. The minimum Gasteiger partial charge on any atom is -0.478 e. The fourth-order valence-corrected chi connectivity index (χ4v) is 2.07. The van der Waals surface area contributed by atoms with Crippen LogP contribution in [0.5, 0.6) is 5.88 Å². The summed E-state index contributed by atoms with van der Waals surface area (Å²) in [6.07, 6.45) is 3.51. The van der Waals surface area contributed by atoms with E-state index in [9.17, 15) is 0 Å². The number of ether oxygens (including phenoxy) is 1. The number of guanidine groups is 1. The van der Waals surface area contributed by atoms with Gasteiger partial charge in [-0.05, 0) is 26.0 Å². The SMILES string of the molecule is CCNC(=NCc1cccnc1OCC)NCc1ccnn1C.I. The highest BCUT2D eigenvalue weighted by Gasteiger charge is 2.05. The van der Waals surface area contributed by atoms with Gasteiger partial charge in [-0.15, -0.1) is 24.0 Å². The molecule has 0 saturated carbocycles. The average Bonchev–Trinajstić information content (AvgIpc) is 2.97. The number of aromatic nitrogens is 3. The maximum atomic E-state index is 5.53. The summed E-state index contributed by atoms with van der Waals surface area (Å²) in [5.41, 5.74) is 2.05. The monoisotopic (exact) mass is 444 g/mol. The minimum absolute atomic E-state index is 0. The number of rotatable bonds is 7. The molecule has 132 valence electrons. The Morgan fingerprint density at radius 1 is 1.25 bits per heavy atom. The molecule has 0 saturated heterocycles. The zero-order valence-electron chi connectivity index (χ0n) is 14.3. The van der Waals surface area contributed by atoms with E-state index in [1.807, 2.05) is 43.8 Å². The van der Waals surface area contributed by atoms with E-state index in [2.05, 4.69) is 25.7 Å². The maximum Gasteiger partial charge on any atom is 0.218 e. The van der Waals surface area contributed by atoms with Crippen molar-refractivity contribution in [2.24, 2.45) is 12.0 Å². The van der Waals surface area contributed by atoms with Gasteiger partial charge < -0.3 is 15.4 Å². The van der Waals surface area contributed by atoms with Gasteiger partial charge in [-0.1, -0.05) is 6.07 Å². The quantitative estimate of drug-likeness (QED) is 0.389. The van der Waals surface area contributed by atoms with Crippen LogP contribution in [0.3, 0.4) is 0 Å². The van der Waals surface area contributed by atoms with Crippen molar-refractivity contribution >= 4 is 29.9 Å². The standard InChI is InChI=1S/C16H24N6O.HI/c1-4-17-16(20-12-14-8-10-21-22(14)3)19-11-13-7-6-9-18-15(13)23-5-2;/h6-10H,4-5,11-12H2,1-3H3,(H2,17,19,20);1H. The second kappa shape index (κ2) is 10.8. The Hall–Kier alpha value is -1.84. The highest BCUT2D eigenvalue weighted by atomic mass is 127. The first-order chi connectivity index (χ1) is 11.2. The molecule has 0 unspecified atom stereocenters. The molecule has 0 atom stereocenters. The van der Waals surface area contributed by atoms with Crippen LogP contribution in [0.15, 0.2) is 35.6 Å². The van der Waals surface area contributed by atoms with E-state index in [-0.39, 0.29) is 24.0 Å². The van der Waals surface area contributed by atoms with Crippen molar-refractivity contribution in [2.45, 2.75) is 26.9 Å². The summed E-state index contributed by atoms with van der Waals surface area (Å²) in [5, 5.41) is 10.7. The number of nitrogens with one attached hydrogen (secondary N) is 2. The van der Waals surface area contributed by atoms with Gasteiger partial charge in [0.2, 0.25) is 5.88 Å². The fraction of sp³-hybridized carbons (Fsp3) is 0.438. The van der Waals surface area contributed by atoms with E-state index in [0.717, 1.165) is 23.8 Å². The van der Waals surface area contributed by atoms with Crippen molar-refractivity contribution < 1.29 is 4.74 Å². The summed E-state index contributed by atoms with van der Waals surface area (Å²) in [5.74, 6) is 1.39. The molecule has 2 aromatic heterocycles. The lowest BCUT2D eigenvalue weighted by atomic mass is 10.3. The van der Waals surface area contributed by atoms with E-state index in [1.54, 1.807) is 12.4 Å². The summed E-state index contributed by atoms with van der Waals surface area (Å²) < 4.78 is 7.37. The number of nitrogens with zero attached hydrogens (tertiary/aromatic N) is 4. The van der Waals surface area contributed by atoms with E-state index in [0.29, 0.717) is 25.6 Å². The van der Waals surface area contributed by atoms with Crippen LogP contribution in [0, 0.1) is 0 Å². The summed E-state index contributed by atoms with van der Waals surface area (Å²) in [7, 11) is 1.92. The normalized spacial score (nSPS) is 10.9. The molecular formula is C16H25IN6O. The third-order valence-electron chi connectivity index (χ3n) is 3.24. The molecule has 0 amide bonds. The van der Waals surface area contributed by atoms with Gasteiger partial charge in [0.05, 0.1) is 25.4 Å². The number of halogens is 1. The van der Waals surface area contributed by atoms with Crippen LogP contribution >= 0.6 is 24.0 Å². The minimum atomic E-state index is 0. The zero-order chi connectivity index (χ0) is 16.5. The fourth-order valence-electron chi connectivity index (χ4n) is 2.07. The van der Waals surface area contributed by atoms with Gasteiger partial charge in [0.15, 0.2) is 5.96 Å². The number of aliphatic imine (C=N–C) groups is 1. The van der Waals surface area contributed by atoms with Crippen molar-refractivity contribution in [2.75, 3.05) is 13.2 Å². The molecular weight excluding hydrogens is 419 g/mol. The van der Waals surface area contributed by atoms with Crippen molar-refractivity contribution in [3.8, 4) is 5.88 Å². The number of hydrogen-bond donors (Lipinski definition) is 2. The van der Waals surface area contributed by atoms with Crippen molar-refractivity contribution in [1.82, 2.24) is 25.4 Å². The van der Waals surface area contributed by atoms with E-state index < -0.39 is 0 Å². The molecule has 0 aromatic carbocycles. The molecule has 2 rings (SSSR count). The molecule has 0 fully saturated rings. The van der Waals surface area contributed by atoms with Crippen LogP contribution in [0.4, 0.5) is 0 Å². The smallest absolute Gasteiger partial charge is 0.218 e. The highest BCUT2D eigenvalue weighted by Crippen LogP contribution is 2.15. The molecule has 0 bridgehead atoms. The van der Waals surface area contributed by atoms with Gasteiger partial charge in [0, 0.05) is 31.5 Å². The van der Waals surface area contributed by atoms with Crippen molar-refractivity contribution in [3.63, 3.8) is 0 Å². The average molecular weight is 444 g/mol. The van der Waals surface area contributed by atoms with Crippen LogP contribution in [-0.4, -0.2) is 33.9 Å². The molecule has 24 heavy (non-hydrogen) atoms. The van der Waals surface area contributed by atoms with Gasteiger partial charge >= 0.3 is 0 Å². The Bertz CT molecular complexity index is 643. The van der Waals surface area contributed by atoms with Crippen LogP contribution in [0.25, 0.3) is 0 Å². The second-order valence-corrected chi connectivity index (χ2v) is 4.90. The summed E-state index contributed by atoms with van der Waals surface area (Å²) in [4.78, 5) is 8.85. The third kappa shape index (κ3) is 5.99. The Morgan fingerprint density at radius 3 is 2.75 bits per heavy atom. The maximum absolute atomic E-state index is 5.53. The molecule has 2 N–H and O–H groups in total. The molecule has 0 aliphatic rings. The van der Waals surface area contributed by atoms with Gasteiger partial charge in [-0.3, -0.25) is 4.68 Å². The Balaban J connectivity index is 0.00000288. The predicted molar refractivity (Wildman–Crippen MR) is 106 cm³/mol. The first-order valence-electron chi connectivity index (χ1n) is 7.80. The van der Waals surface area contributed by atoms with Crippen LogP contribution in [0.2, 0.25) is 0 Å². The molecule has 2 aromatic rings. The van der Waals surface area contributed by atoms with Crippen molar-refractivity contribution in [1.29, 1.82) is 0 Å². The molecule has 8 heteroatoms. The second-order valence-electron chi connectivity index (χ2n) is 4.90. The topological polar surface area (TPSA) is 76.4 Å². The van der Waals surface area contributed by atoms with Gasteiger partial charge in [0.1, 0.15) is 0 Å². The lowest BCUT2D eigenvalue weighted by molar-refractivity contribution is 0.323. The number of aryl methyl sites for hydroxylation is 1. The first kappa shape index (κ1) is 20.2. The molecule has 0 aliphatic heterocycles. The number of hydrogen-bond acceptors (Lipinski definition) is 4. The van der Waals surface area contributed by atoms with Crippen LogP contribution in [0.1, 0.15) is 25.1 Å². The summed E-state index contributed by atoms with van der Waals surface area (Å²) in [6.45, 7) is 6.53. The largest absolute Gasteiger partial charge is 0.478 e. The van der Waals surface area contributed by atoms with E-state index >= 15 is 0 Å². The van der Waals surface area contributed by atoms with E-state index in [4.69, 9.17) is 4.74 Å². The number of pyridine rings is 1. The van der Waals surface area contributed by atoms with Gasteiger partial charge in [-0.25, -0.2) is 9.98 Å². The Labute approximate surface area is 159 Å². The van der Waals surface area contributed by atoms with Gasteiger partial charge in [0.25, 0.3) is 0 Å². The molecule has 2 heterocycles. The predicted octanol–water partition coefficient (Wildman–Crippen LogP) is 2.09. The Morgan fingerprint density at radius 2 is 2.08 bits per heavy atom. The van der Waals surface area contributed by atoms with Gasteiger partial charge in [-0.2, -0.15) is 5.10 Å². The van der Waals surface area contributed by atoms with Crippen molar-refractivity contribution in [3.05, 3.63) is 41.9 Å². The summed E-state index contributed by atoms with van der Waals surface area (Å²) in [6, 6.07) is 5.85. The zero-order valence-corrected chi connectivity index (χ0v) is 16.7. The highest BCUT2D eigenvalue weighted by molar-refractivity contribution is 14.0. The lowest BCUT2D eigenvalue weighted by Gasteiger charge is -2.12. The Kier molecular flexibility index (Phi) is 9.13. The van der Waals surface area contributed by atoms with Crippen LogP contribution < -0.4 is 15.4 Å². The summed E-state index contributed by atoms with van der Waals surface area (Å²) >= 11 is 0. The molecule has 0 aliphatic carbocycles. The molecule has 0 radical (unpaired) electrons. The lowest BCUT2D eigenvalue weighted by Crippen LogP contribution is -2.37.